The summed E-state index contributed by atoms with van der Waals surface area (Å²) < 4.78 is 31.3. The third-order valence-electron chi connectivity index (χ3n) is 1.99. The van der Waals surface area contributed by atoms with Gasteiger partial charge in [-0.2, -0.15) is 4.39 Å². The molecule has 1 nitrogen and oxygen atoms in total. The molecule has 1 aromatic heterocycles. The summed E-state index contributed by atoms with van der Waals surface area (Å²) in [6, 6.07) is 3.26. The molecule has 13 heavy (non-hydrogen) atoms. The SMILES string of the molecule is Cc1cc2cc(C)c(F)c(F)c2o1. The smallest absolute Gasteiger partial charge is 0.202 e. The maximum absolute atomic E-state index is 13.2. The number of hydrogen-bond donors (Lipinski definition) is 0. The fourth-order valence-electron chi connectivity index (χ4n) is 1.38. The summed E-state index contributed by atoms with van der Waals surface area (Å²) in [5, 5.41) is 0.605. The molecule has 2 rings (SSSR count). The predicted octanol–water partition coefficient (Wildman–Crippen LogP) is 3.33. The highest BCUT2D eigenvalue weighted by Crippen LogP contribution is 2.25. The quantitative estimate of drug-likeness (QED) is 0.609. The molecule has 0 aliphatic carbocycles. The molecule has 0 aliphatic heterocycles. The van der Waals surface area contributed by atoms with Crippen molar-refractivity contribution in [2.24, 2.45) is 0 Å². The molecule has 2 aromatic rings. The highest BCUT2D eigenvalue weighted by Gasteiger charge is 2.13. The Morgan fingerprint density at radius 2 is 1.77 bits per heavy atom. The van der Waals surface area contributed by atoms with E-state index in [2.05, 4.69) is 0 Å². The highest BCUT2D eigenvalue weighted by atomic mass is 19.2. The van der Waals surface area contributed by atoms with Crippen molar-refractivity contribution in [1.29, 1.82) is 0 Å². The average Bonchev–Trinajstić information content (AvgIpc) is 2.42. The van der Waals surface area contributed by atoms with Gasteiger partial charge in [-0.1, -0.05) is 0 Å². The first kappa shape index (κ1) is 8.23. The standard InChI is InChI=1S/C10H8F2O/c1-5-3-7-4-6(2)13-10(7)9(12)8(5)11/h3-4H,1-2H3. The van der Waals surface area contributed by atoms with Gasteiger partial charge in [0.25, 0.3) is 0 Å². The minimum Gasteiger partial charge on any atom is -0.458 e. The molecule has 0 radical (unpaired) electrons. The van der Waals surface area contributed by atoms with E-state index in [0.717, 1.165) is 0 Å². The van der Waals surface area contributed by atoms with Crippen LogP contribution in [0.2, 0.25) is 0 Å². The van der Waals surface area contributed by atoms with Crippen molar-refractivity contribution in [3.8, 4) is 0 Å². The van der Waals surface area contributed by atoms with Crippen LogP contribution in [0.5, 0.6) is 0 Å². The summed E-state index contributed by atoms with van der Waals surface area (Å²) in [7, 11) is 0. The molecule has 0 saturated carbocycles. The van der Waals surface area contributed by atoms with Gasteiger partial charge in [-0.25, -0.2) is 4.39 Å². The highest BCUT2D eigenvalue weighted by molar-refractivity contribution is 5.79. The van der Waals surface area contributed by atoms with E-state index in [-0.39, 0.29) is 5.58 Å². The van der Waals surface area contributed by atoms with E-state index in [1.807, 2.05) is 0 Å². The van der Waals surface area contributed by atoms with E-state index in [0.29, 0.717) is 16.7 Å². The van der Waals surface area contributed by atoms with Crippen LogP contribution in [0.15, 0.2) is 16.5 Å². The minimum atomic E-state index is -0.900. The van der Waals surface area contributed by atoms with Gasteiger partial charge in [0.1, 0.15) is 5.76 Å². The third kappa shape index (κ3) is 1.11. The van der Waals surface area contributed by atoms with Crippen molar-refractivity contribution in [3.05, 3.63) is 35.1 Å². The van der Waals surface area contributed by atoms with Gasteiger partial charge in [-0.3, -0.25) is 0 Å². The lowest BCUT2D eigenvalue weighted by Gasteiger charge is -1.97. The maximum atomic E-state index is 13.2. The summed E-state index contributed by atoms with van der Waals surface area (Å²) >= 11 is 0. The minimum absolute atomic E-state index is 0.000556. The number of benzene rings is 1. The molecule has 0 atom stereocenters. The van der Waals surface area contributed by atoms with Crippen molar-refractivity contribution in [1.82, 2.24) is 0 Å². The molecule has 0 amide bonds. The van der Waals surface area contributed by atoms with Gasteiger partial charge < -0.3 is 4.42 Å². The van der Waals surface area contributed by atoms with E-state index < -0.39 is 11.6 Å². The molecular formula is C10H8F2O. The number of halogens is 2. The van der Waals surface area contributed by atoms with Crippen LogP contribution in [0.25, 0.3) is 11.0 Å². The van der Waals surface area contributed by atoms with Gasteiger partial charge in [0.2, 0.25) is 5.82 Å². The first-order valence-electron chi connectivity index (χ1n) is 3.94. The van der Waals surface area contributed by atoms with Gasteiger partial charge in [-0.15, -0.1) is 0 Å². The Labute approximate surface area is 74.0 Å². The van der Waals surface area contributed by atoms with Crippen LogP contribution in [0, 0.1) is 25.5 Å². The molecule has 0 N–H and O–H groups in total. The second-order valence-corrected chi connectivity index (χ2v) is 3.10. The maximum Gasteiger partial charge on any atom is 0.202 e. The predicted molar refractivity (Wildman–Crippen MR) is 45.6 cm³/mol. The van der Waals surface area contributed by atoms with E-state index >= 15 is 0 Å². The fraction of sp³-hybridized carbons (Fsp3) is 0.200. The van der Waals surface area contributed by atoms with Crippen LogP contribution in [-0.4, -0.2) is 0 Å². The first-order chi connectivity index (χ1) is 6.09. The molecule has 1 heterocycles. The number of hydrogen-bond acceptors (Lipinski definition) is 1. The van der Waals surface area contributed by atoms with E-state index in [4.69, 9.17) is 4.42 Å². The Balaban J connectivity index is 2.92. The van der Waals surface area contributed by atoms with Crippen LogP contribution in [0.4, 0.5) is 8.78 Å². The van der Waals surface area contributed by atoms with E-state index in [9.17, 15) is 8.78 Å². The fourth-order valence-corrected chi connectivity index (χ4v) is 1.38. The van der Waals surface area contributed by atoms with Crippen molar-refractivity contribution in [2.45, 2.75) is 13.8 Å². The third-order valence-corrected chi connectivity index (χ3v) is 1.99. The second-order valence-electron chi connectivity index (χ2n) is 3.10. The molecule has 0 spiro atoms. The van der Waals surface area contributed by atoms with E-state index in [1.54, 1.807) is 19.1 Å². The summed E-state index contributed by atoms with van der Waals surface area (Å²) in [4.78, 5) is 0. The van der Waals surface area contributed by atoms with Crippen molar-refractivity contribution in [2.75, 3.05) is 0 Å². The molecule has 0 bridgehead atoms. The van der Waals surface area contributed by atoms with Crippen LogP contribution in [0.3, 0.4) is 0 Å². The van der Waals surface area contributed by atoms with Crippen LogP contribution in [-0.2, 0) is 0 Å². The topological polar surface area (TPSA) is 13.1 Å². The van der Waals surface area contributed by atoms with Crippen LogP contribution < -0.4 is 0 Å². The summed E-state index contributed by atoms with van der Waals surface area (Å²) in [6.07, 6.45) is 0. The summed E-state index contributed by atoms with van der Waals surface area (Å²) in [5.41, 5.74) is 0.298. The Bertz CT molecular complexity index is 471. The molecule has 0 fully saturated rings. The van der Waals surface area contributed by atoms with E-state index in [1.165, 1.54) is 6.92 Å². The molecule has 0 aliphatic rings. The molecular weight excluding hydrogens is 174 g/mol. The Morgan fingerprint density at radius 3 is 2.46 bits per heavy atom. The number of fused-ring (bicyclic) bond motifs is 1. The van der Waals surface area contributed by atoms with Gasteiger partial charge in [0.15, 0.2) is 11.4 Å². The zero-order valence-corrected chi connectivity index (χ0v) is 7.32. The number of aryl methyl sites for hydroxylation is 2. The molecule has 3 heteroatoms. The van der Waals surface area contributed by atoms with Gasteiger partial charge in [0.05, 0.1) is 0 Å². The van der Waals surface area contributed by atoms with Crippen LogP contribution in [0.1, 0.15) is 11.3 Å². The zero-order chi connectivity index (χ0) is 9.59. The first-order valence-corrected chi connectivity index (χ1v) is 3.94. The van der Waals surface area contributed by atoms with Crippen molar-refractivity contribution in [3.63, 3.8) is 0 Å². The van der Waals surface area contributed by atoms with Gasteiger partial charge in [-0.05, 0) is 31.5 Å². The van der Waals surface area contributed by atoms with Gasteiger partial charge in [0, 0.05) is 5.39 Å². The monoisotopic (exact) mass is 182 g/mol. The second kappa shape index (κ2) is 2.55. The lowest BCUT2D eigenvalue weighted by Crippen LogP contribution is -1.88. The van der Waals surface area contributed by atoms with Gasteiger partial charge >= 0.3 is 0 Å². The zero-order valence-electron chi connectivity index (χ0n) is 7.32. The largest absolute Gasteiger partial charge is 0.458 e. The normalized spacial score (nSPS) is 11.1. The molecule has 0 saturated heterocycles. The Kier molecular flexibility index (Phi) is 1.62. The van der Waals surface area contributed by atoms with Crippen LogP contribution >= 0.6 is 0 Å². The summed E-state index contributed by atoms with van der Waals surface area (Å²) in [6.45, 7) is 3.23. The molecule has 0 unspecified atom stereocenters. The molecule has 68 valence electrons. The Morgan fingerprint density at radius 1 is 1.08 bits per heavy atom. The summed E-state index contributed by atoms with van der Waals surface area (Å²) in [5.74, 6) is -1.15. The lowest BCUT2D eigenvalue weighted by molar-refractivity contribution is 0.481. The van der Waals surface area contributed by atoms with Crippen molar-refractivity contribution < 1.29 is 13.2 Å². The average molecular weight is 182 g/mol. The van der Waals surface area contributed by atoms with Crippen molar-refractivity contribution >= 4 is 11.0 Å². The lowest BCUT2D eigenvalue weighted by atomic mass is 10.1. The number of rotatable bonds is 0. The Hall–Kier alpha value is -1.38. The molecule has 1 aromatic carbocycles. The number of furan rings is 1.